The molecule has 1 aliphatic carbocycles. The van der Waals surface area contributed by atoms with Gasteiger partial charge in [0.1, 0.15) is 0 Å². The molecule has 0 radical (unpaired) electrons. The summed E-state index contributed by atoms with van der Waals surface area (Å²) in [5, 5.41) is 3.12. The highest BCUT2D eigenvalue weighted by Crippen LogP contribution is 2.60. The highest BCUT2D eigenvalue weighted by molar-refractivity contribution is 5.74. The summed E-state index contributed by atoms with van der Waals surface area (Å²) in [6, 6.07) is 0. The van der Waals surface area contributed by atoms with E-state index in [4.69, 9.17) is 4.74 Å². The van der Waals surface area contributed by atoms with Crippen LogP contribution in [0.2, 0.25) is 0 Å². The fourth-order valence-electron chi connectivity index (χ4n) is 3.32. The molecule has 0 bridgehead atoms. The van der Waals surface area contributed by atoms with Crippen molar-refractivity contribution in [2.24, 2.45) is 16.7 Å². The first-order chi connectivity index (χ1) is 7.61. The number of nitrogens with one attached hydrogen (secondary N) is 1. The molecular formula is C11H17F2NO2. The van der Waals surface area contributed by atoms with Gasteiger partial charge in [-0.3, -0.25) is 13.6 Å². The van der Waals surface area contributed by atoms with E-state index >= 15 is 0 Å². The van der Waals surface area contributed by atoms with Crippen molar-refractivity contribution in [3.63, 3.8) is 0 Å². The Labute approximate surface area is 93.5 Å². The molecule has 1 N–H and O–H groups in total. The van der Waals surface area contributed by atoms with E-state index in [9.17, 15) is 13.6 Å². The monoisotopic (exact) mass is 233 g/mol. The van der Waals surface area contributed by atoms with Gasteiger partial charge in [0, 0.05) is 18.5 Å². The van der Waals surface area contributed by atoms with Crippen LogP contribution in [0.15, 0.2) is 0 Å². The normalized spacial score (nSPS) is 30.1. The lowest BCUT2D eigenvalue weighted by atomic mass is 9.50. The average Bonchev–Trinajstić information content (AvgIpc) is 2.69. The molecule has 5 heteroatoms. The van der Waals surface area contributed by atoms with Crippen molar-refractivity contribution < 1.29 is 18.3 Å². The third-order valence-electron chi connectivity index (χ3n) is 4.07. The number of hydrogen-bond donors (Lipinski definition) is 1. The Kier molecular flexibility index (Phi) is 2.90. The van der Waals surface area contributed by atoms with Gasteiger partial charge in [-0.2, -0.15) is 0 Å². The summed E-state index contributed by atoms with van der Waals surface area (Å²) < 4.78 is 30.3. The van der Waals surface area contributed by atoms with E-state index in [1.165, 1.54) is 7.11 Å². The first-order valence-electron chi connectivity index (χ1n) is 5.52. The van der Waals surface area contributed by atoms with Gasteiger partial charge in [0.05, 0.1) is 26.4 Å². The topological polar surface area (TPSA) is 38.3 Å². The zero-order chi connectivity index (χ0) is 11.8. The second-order valence-corrected chi connectivity index (χ2v) is 5.19. The number of hydrogen-bond acceptors (Lipinski definition) is 3. The first kappa shape index (κ1) is 11.8. The van der Waals surface area contributed by atoms with E-state index < -0.39 is 18.8 Å². The van der Waals surface area contributed by atoms with Crippen LogP contribution in [0.4, 0.5) is 8.78 Å². The van der Waals surface area contributed by atoms with Crippen molar-refractivity contribution in [3.8, 4) is 0 Å². The quantitative estimate of drug-likeness (QED) is 0.741. The molecule has 1 aliphatic heterocycles. The lowest BCUT2D eigenvalue weighted by Gasteiger charge is -2.54. The van der Waals surface area contributed by atoms with Crippen molar-refractivity contribution in [1.82, 2.24) is 5.32 Å². The molecule has 16 heavy (non-hydrogen) atoms. The Balaban J connectivity index is 2.08. The maximum absolute atomic E-state index is 12.8. The third kappa shape index (κ3) is 1.52. The molecule has 3 nitrogen and oxygen atoms in total. The highest BCUT2D eigenvalue weighted by atomic mass is 19.1. The summed E-state index contributed by atoms with van der Waals surface area (Å²) in [7, 11) is 1.35. The third-order valence-corrected chi connectivity index (χ3v) is 4.07. The Morgan fingerprint density at radius 1 is 1.44 bits per heavy atom. The highest BCUT2D eigenvalue weighted by Gasteiger charge is 2.61. The summed E-state index contributed by atoms with van der Waals surface area (Å²) in [5.41, 5.74) is -1.11. The molecule has 0 aromatic heterocycles. The number of methoxy groups -OCH3 is 1. The van der Waals surface area contributed by atoms with Gasteiger partial charge in [-0.05, 0) is 18.3 Å². The van der Waals surface area contributed by atoms with Crippen LogP contribution in [0.5, 0.6) is 0 Å². The summed E-state index contributed by atoms with van der Waals surface area (Å²) in [4.78, 5) is 11.6. The molecule has 1 saturated carbocycles. The second-order valence-electron chi connectivity index (χ2n) is 5.19. The van der Waals surface area contributed by atoms with Crippen LogP contribution in [0.1, 0.15) is 12.8 Å². The van der Waals surface area contributed by atoms with Gasteiger partial charge in [-0.25, -0.2) is 0 Å². The number of ether oxygens (including phenoxy) is 1. The first-order valence-corrected chi connectivity index (χ1v) is 5.52. The van der Waals surface area contributed by atoms with Crippen LogP contribution in [-0.2, 0) is 9.53 Å². The number of alkyl halides is 2. The van der Waals surface area contributed by atoms with Gasteiger partial charge in [0.2, 0.25) is 0 Å². The molecule has 92 valence electrons. The van der Waals surface area contributed by atoms with Gasteiger partial charge in [-0.15, -0.1) is 0 Å². The van der Waals surface area contributed by atoms with Crippen molar-refractivity contribution in [2.45, 2.75) is 12.8 Å². The minimum absolute atomic E-state index is 0.247. The van der Waals surface area contributed by atoms with E-state index in [1.54, 1.807) is 0 Å². The van der Waals surface area contributed by atoms with E-state index in [1.807, 2.05) is 0 Å². The van der Waals surface area contributed by atoms with E-state index in [0.717, 1.165) is 0 Å². The van der Waals surface area contributed by atoms with Gasteiger partial charge in [0.15, 0.2) is 0 Å². The maximum Gasteiger partial charge on any atom is 0.310 e. The fourth-order valence-corrected chi connectivity index (χ4v) is 3.32. The van der Waals surface area contributed by atoms with Crippen LogP contribution in [0.25, 0.3) is 0 Å². The van der Waals surface area contributed by atoms with Crippen LogP contribution in [-0.4, -0.2) is 39.5 Å². The molecule has 0 aromatic carbocycles. The number of carbonyl (C=O) groups excluding carboxylic acids is 1. The average molecular weight is 233 g/mol. The fraction of sp³-hybridized carbons (Fsp3) is 0.909. The largest absolute Gasteiger partial charge is 0.469 e. The minimum atomic E-state index is -0.835. The molecule has 2 fully saturated rings. The number of rotatable bonds is 3. The molecule has 1 unspecified atom stereocenters. The van der Waals surface area contributed by atoms with Gasteiger partial charge in [0.25, 0.3) is 0 Å². The molecule has 0 aromatic rings. The van der Waals surface area contributed by atoms with E-state index in [0.29, 0.717) is 25.9 Å². The van der Waals surface area contributed by atoms with Gasteiger partial charge in [-0.1, -0.05) is 0 Å². The van der Waals surface area contributed by atoms with Crippen LogP contribution in [0, 0.1) is 16.7 Å². The predicted molar refractivity (Wildman–Crippen MR) is 54.4 cm³/mol. The molecule has 1 spiro atoms. The molecular weight excluding hydrogens is 216 g/mol. The SMILES string of the molecule is COC(=O)C1CNCC12CC(CF)(CF)C2. The molecule has 1 saturated heterocycles. The van der Waals surface area contributed by atoms with Crippen molar-refractivity contribution >= 4 is 5.97 Å². The molecule has 2 rings (SSSR count). The molecule has 1 atom stereocenters. The minimum Gasteiger partial charge on any atom is -0.469 e. The van der Waals surface area contributed by atoms with E-state index in [-0.39, 0.29) is 17.3 Å². The lowest BCUT2D eigenvalue weighted by molar-refractivity contribution is -0.158. The zero-order valence-electron chi connectivity index (χ0n) is 9.39. The Morgan fingerprint density at radius 3 is 2.56 bits per heavy atom. The van der Waals surface area contributed by atoms with E-state index in [2.05, 4.69) is 5.32 Å². The van der Waals surface area contributed by atoms with Crippen molar-refractivity contribution in [2.75, 3.05) is 33.5 Å². The number of esters is 1. The molecule has 0 amide bonds. The standard InChI is InChI=1S/C11H17F2NO2/c1-16-9(15)8-2-14-7-11(8)3-10(4-11,5-12)6-13/h8,14H,2-7H2,1H3. The summed E-state index contributed by atoms with van der Waals surface area (Å²) >= 11 is 0. The second kappa shape index (κ2) is 3.95. The Morgan fingerprint density at radius 2 is 2.06 bits per heavy atom. The predicted octanol–water partition coefficient (Wildman–Crippen LogP) is 1.08. The van der Waals surface area contributed by atoms with Crippen LogP contribution < -0.4 is 5.32 Å². The van der Waals surface area contributed by atoms with Crippen LogP contribution in [0.3, 0.4) is 0 Å². The summed E-state index contributed by atoms with van der Waals surface area (Å²) in [6.45, 7) is -0.0614. The Bertz CT molecular complexity index is 284. The molecule has 2 aliphatic rings. The van der Waals surface area contributed by atoms with Gasteiger partial charge >= 0.3 is 5.97 Å². The van der Waals surface area contributed by atoms with Crippen LogP contribution >= 0.6 is 0 Å². The maximum atomic E-state index is 12.8. The van der Waals surface area contributed by atoms with Crippen molar-refractivity contribution in [3.05, 3.63) is 0 Å². The Hall–Kier alpha value is -0.710. The number of carbonyl (C=O) groups is 1. The smallest absolute Gasteiger partial charge is 0.310 e. The van der Waals surface area contributed by atoms with Gasteiger partial charge < -0.3 is 10.1 Å². The summed E-state index contributed by atoms with van der Waals surface area (Å²) in [5.74, 6) is -0.514. The number of halogens is 2. The summed E-state index contributed by atoms with van der Waals surface area (Å²) in [6.07, 6.45) is 0.888. The molecule has 1 heterocycles. The van der Waals surface area contributed by atoms with Crippen molar-refractivity contribution in [1.29, 1.82) is 0 Å². The zero-order valence-corrected chi connectivity index (χ0v) is 9.39. The lowest BCUT2D eigenvalue weighted by Crippen LogP contribution is -2.55.